The van der Waals surface area contributed by atoms with Crippen molar-refractivity contribution in [1.82, 2.24) is 10.2 Å². The molecule has 0 aliphatic carbocycles. The lowest BCUT2D eigenvalue weighted by atomic mass is 10.1. The second-order valence-electron chi connectivity index (χ2n) is 4.51. The molecule has 106 valence electrons. The van der Waals surface area contributed by atoms with E-state index in [4.69, 9.17) is 11.6 Å². The summed E-state index contributed by atoms with van der Waals surface area (Å²) < 4.78 is 0. The highest BCUT2D eigenvalue weighted by Crippen LogP contribution is 2.16. The summed E-state index contributed by atoms with van der Waals surface area (Å²) in [6.45, 7) is 1.56. The fourth-order valence-electron chi connectivity index (χ4n) is 2.17. The molecule has 0 unspecified atom stereocenters. The summed E-state index contributed by atoms with van der Waals surface area (Å²) in [4.78, 5) is 13.9. The van der Waals surface area contributed by atoms with Crippen LogP contribution in [0.3, 0.4) is 0 Å². The summed E-state index contributed by atoms with van der Waals surface area (Å²) in [5.74, 6) is 0. The molecule has 2 N–H and O–H groups in total. The van der Waals surface area contributed by atoms with Crippen molar-refractivity contribution < 1.29 is 4.79 Å². The zero-order valence-electron chi connectivity index (χ0n) is 10.9. The molecule has 1 atom stereocenters. The van der Waals surface area contributed by atoms with Gasteiger partial charge >= 0.3 is 6.03 Å². The average Bonchev–Trinajstić information content (AvgIpc) is 2.39. The third-order valence-electron chi connectivity index (χ3n) is 3.19. The Kier molecular flexibility index (Phi) is 6.42. The van der Waals surface area contributed by atoms with E-state index in [0.29, 0.717) is 11.1 Å². The number of carbonyl (C=O) groups is 1. The maximum atomic E-state index is 12.1. The number of carbonyl (C=O) groups excluding carboxylic acids is 1. The Labute approximate surface area is 124 Å². The van der Waals surface area contributed by atoms with Crippen LogP contribution in [0.4, 0.5) is 10.5 Å². The summed E-state index contributed by atoms with van der Waals surface area (Å²) >= 11 is 5.88. The smallest absolute Gasteiger partial charge is 0.321 e. The van der Waals surface area contributed by atoms with Crippen molar-refractivity contribution in [2.45, 2.75) is 18.9 Å². The van der Waals surface area contributed by atoms with Crippen LogP contribution in [-0.4, -0.2) is 37.1 Å². The van der Waals surface area contributed by atoms with Gasteiger partial charge in [0.15, 0.2) is 0 Å². The minimum atomic E-state index is -0.0581. The normalized spacial score (nSPS) is 18.6. The highest BCUT2D eigenvalue weighted by molar-refractivity contribution is 6.30. The van der Waals surface area contributed by atoms with Gasteiger partial charge in [-0.25, -0.2) is 4.79 Å². The molecule has 1 heterocycles. The molecule has 2 rings (SSSR count). The molecule has 6 heteroatoms. The molecule has 4 nitrogen and oxygen atoms in total. The largest absolute Gasteiger partial charge is 0.323 e. The number of likely N-dealkylation sites (N-methyl/N-ethyl adjacent to an activating group) is 1. The number of rotatable bonds is 2. The molecule has 1 aliphatic rings. The predicted molar refractivity (Wildman–Crippen MR) is 81.4 cm³/mol. The van der Waals surface area contributed by atoms with E-state index in [1.807, 2.05) is 24.1 Å². The van der Waals surface area contributed by atoms with E-state index >= 15 is 0 Å². The average molecular weight is 304 g/mol. The van der Waals surface area contributed by atoms with Crippen LogP contribution >= 0.6 is 24.0 Å². The van der Waals surface area contributed by atoms with Crippen molar-refractivity contribution in [2.75, 3.05) is 25.5 Å². The lowest BCUT2D eigenvalue weighted by Gasteiger charge is -2.32. The Morgan fingerprint density at radius 1 is 1.47 bits per heavy atom. The number of piperidine rings is 1. The number of benzene rings is 1. The molecule has 0 bridgehead atoms. The Morgan fingerprint density at radius 3 is 2.95 bits per heavy atom. The third kappa shape index (κ3) is 4.56. The molecule has 1 aliphatic heterocycles. The minimum Gasteiger partial charge on any atom is -0.323 e. The first-order chi connectivity index (χ1) is 8.69. The summed E-state index contributed by atoms with van der Waals surface area (Å²) in [7, 11) is 1.93. The number of likely N-dealkylation sites (tertiary alicyclic amines) is 1. The standard InChI is InChI=1S/C13H18ClN3O.ClH/c1-15-12-6-3-7-17(9-12)13(18)16-11-5-2-4-10(14)8-11;/h2,4-5,8,12,15H,3,6-7,9H2,1H3,(H,16,18);1H/t12-;/m1./s1. The predicted octanol–water partition coefficient (Wildman–Crippen LogP) is 2.98. The Balaban J connectivity index is 0.00000180. The van der Waals surface area contributed by atoms with Gasteiger partial charge < -0.3 is 15.5 Å². The van der Waals surface area contributed by atoms with Gasteiger partial charge in [-0.2, -0.15) is 0 Å². The number of halogens is 2. The highest BCUT2D eigenvalue weighted by Gasteiger charge is 2.22. The van der Waals surface area contributed by atoms with Crippen molar-refractivity contribution >= 4 is 35.7 Å². The van der Waals surface area contributed by atoms with Gasteiger partial charge in [0.25, 0.3) is 0 Å². The van der Waals surface area contributed by atoms with Gasteiger partial charge in [0, 0.05) is 29.8 Å². The molecule has 0 aromatic heterocycles. The van der Waals surface area contributed by atoms with Crippen LogP contribution in [0.25, 0.3) is 0 Å². The fourth-order valence-corrected chi connectivity index (χ4v) is 2.36. The van der Waals surface area contributed by atoms with Crippen molar-refractivity contribution in [1.29, 1.82) is 0 Å². The van der Waals surface area contributed by atoms with Crippen molar-refractivity contribution in [2.24, 2.45) is 0 Å². The summed E-state index contributed by atoms with van der Waals surface area (Å²) in [6.07, 6.45) is 2.16. The monoisotopic (exact) mass is 303 g/mol. The SMILES string of the molecule is CN[C@@H]1CCCN(C(=O)Nc2cccc(Cl)c2)C1.Cl. The van der Waals surface area contributed by atoms with Crippen molar-refractivity contribution in [3.8, 4) is 0 Å². The first-order valence-corrected chi connectivity index (χ1v) is 6.55. The summed E-state index contributed by atoms with van der Waals surface area (Å²) in [5, 5.41) is 6.72. The van der Waals surface area contributed by atoms with Crippen LogP contribution in [0.5, 0.6) is 0 Å². The topological polar surface area (TPSA) is 44.4 Å². The lowest BCUT2D eigenvalue weighted by molar-refractivity contribution is 0.187. The second-order valence-corrected chi connectivity index (χ2v) is 4.95. The van der Waals surface area contributed by atoms with Crippen LogP contribution in [-0.2, 0) is 0 Å². The molecule has 1 aromatic carbocycles. The minimum absolute atomic E-state index is 0. The van der Waals surface area contributed by atoms with Gasteiger partial charge in [-0.3, -0.25) is 0 Å². The zero-order valence-corrected chi connectivity index (χ0v) is 12.4. The molecule has 0 spiro atoms. The zero-order chi connectivity index (χ0) is 13.0. The number of anilines is 1. The van der Waals surface area contributed by atoms with Crippen molar-refractivity contribution in [3.05, 3.63) is 29.3 Å². The molecule has 19 heavy (non-hydrogen) atoms. The van der Waals surface area contributed by atoms with E-state index in [0.717, 1.165) is 31.6 Å². The lowest BCUT2D eigenvalue weighted by Crippen LogP contribution is -2.48. The molecule has 1 saturated heterocycles. The van der Waals surface area contributed by atoms with Gasteiger partial charge in [-0.1, -0.05) is 17.7 Å². The van der Waals surface area contributed by atoms with Crippen LogP contribution in [0.1, 0.15) is 12.8 Å². The second kappa shape index (κ2) is 7.58. The number of nitrogens with zero attached hydrogens (tertiary/aromatic N) is 1. The van der Waals surface area contributed by atoms with Gasteiger partial charge in [0.1, 0.15) is 0 Å². The first kappa shape index (κ1) is 16.1. The van der Waals surface area contributed by atoms with Gasteiger partial charge in [0.05, 0.1) is 0 Å². The maximum absolute atomic E-state index is 12.1. The molecule has 1 fully saturated rings. The van der Waals surface area contributed by atoms with E-state index in [9.17, 15) is 4.79 Å². The van der Waals surface area contributed by atoms with E-state index in [1.54, 1.807) is 12.1 Å². The summed E-state index contributed by atoms with van der Waals surface area (Å²) in [6, 6.07) is 7.53. The Bertz CT molecular complexity index is 428. The van der Waals surface area contributed by atoms with Crippen LogP contribution in [0, 0.1) is 0 Å². The van der Waals surface area contributed by atoms with Crippen LogP contribution < -0.4 is 10.6 Å². The number of amides is 2. The van der Waals surface area contributed by atoms with Crippen LogP contribution in [0.2, 0.25) is 5.02 Å². The quantitative estimate of drug-likeness (QED) is 0.882. The number of urea groups is 1. The Hall–Kier alpha value is -0.970. The molecule has 0 saturated carbocycles. The fraction of sp³-hybridized carbons (Fsp3) is 0.462. The van der Waals surface area contributed by atoms with Crippen LogP contribution in [0.15, 0.2) is 24.3 Å². The first-order valence-electron chi connectivity index (χ1n) is 6.18. The highest BCUT2D eigenvalue weighted by atomic mass is 35.5. The summed E-state index contributed by atoms with van der Waals surface area (Å²) in [5.41, 5.74) is 0.735. The van der Waals surface area contributed by atoms with E-state index in [2.05, 4.69) is 10.6 Å². The van der Waals surface area contributed by atoms with E-state index in [-0.39, 0.29) is 18.4 Å². The molecule has 0 radical (unpaired) electrons. The molecule has 1 aromatic rings. The number of hydrogen-bond donors (Lipinski definition) is 2. The number of hydrogen-bond acceptors (Lipinski definition) is 2. The van der Waals surface area contributed by atoms with Gasteiger partial charge in [-0.15, -0.1) is 12.4 Å². The Morgan fingerprint density at radius 2 is 2.26 bits per heavy atom. The number of nitrogens with one attached hydrogen (secondary N) is 2. The van der Waals surface area contributed by atoms with E-state index in [1.165, 1.54) is 0 Å². The van der Waals surface area contributed by atoms with Gasteiger partial charge in [-0.05, 0) is 38.1 Å². The maximum Gasteiger partial charge on any atom is 0.321 e. The van der Waals surface area contributed by atoms with E-state index < -0.39 is 0 Å². The molecular formula is C13H19Cl2N3O. The molecule has 2 amide bonds. The third-order valence-corrected chi connectivity index (χ3v) is 3.43. The van der Waals surface area contributed by atoms with Crippen molar-refractivity contribution in [3.63, 3.8) is 0 Å². The molecular weight excluding hydrogens is 285 g/mol. The van der Waals surface area contributed by atoms with Gasteiger partial charge in [0.2, 0.25) is 0 Å².